The molecule has 1 aromatic carbocycles. The van der Waals surface area contributed by atoms with Crippen LogP contribution in [0.3, 0.4) is 0 Å². The average molecular weight is 468 g/mol. The molecule has 0 atom stereocenters. The molecule has 1 saturated carbocycles. The van der Waals surface area contributed by atoms with Gasteiger partial charge in [0.1, 0.15) is 0 Å². The van der Waals surface area contributed by atoms with Crippen molar-refractivity contribution in [1.82, 2.24) is 15.8 Å². The third-order valence-corrected chi connectivity index (χ3v) is 4.83. The molecule has 1 aliphatic rings. The number of nitrogens with zero attached hydrogens (tertiary/aromatic N) is 2. The van der Waals surface area contributed by atoms with Gasteiger partial charge in [-0.15, -0.1) is 24.0 Å². The average Bonchev–Trinajstić information content (AvgIpc) is 3.20. The van der Waals surface area contributed by atoms with E-state index in [0.29, 0.717) is 17.9 Å². The molecule has 0 saturated heterocycles. The second-order valence-electron chi connectivity index (χ2n) is 7.31. The molecule has 2 aromatic rings. The highest BCUT2D eigenvalue weighted by Crippen LogP contribution is 2.47. The minimum absolute atomic E-state index is 0. The van der Waals surface area contributed by atoms with Crippen LogP contribution in [0.2, 0.25) is 0 Å². The van der Waals surface area contributed by atoms with Crippen LogP contribution in [0.15, 0.2) is 45.9 Å². The number of hydrogen-bond acceptors (Lipinski definition) is 3. The van der Waals surface area contributed by atoms with Crippen LogP contribution in [0, 0.1) is 5.41 Å². The molecule has 5 nitrogen and oxygen atoms in total. The lowest BCUT2D eigenvalue weighted by Crippen LogP contribution is -2.40. The molecule has 0 radical (unpaired) electrons. The summed E-state index contributed by atoms with van der Waals surface area (Å²) in [4.78, 5) is 4.32. The van der Waals surface area contributed by atoms with E-state index in [2.05, 4.69) is 65.0 Å². The van der Waals surface area contributed by atoms with Gasteiger partial charge >= 0.3 is 0 Å². The first kappa shape index (κ1) is 20.7. The molecule has 1 aliphatic carbocycles. The first-order chi connectivity index (χ1) is 12.1. The molecule has 1 heterocycles. The monoisotopic (exact) mass is 468 g/mol. The Morgan fingerprint density at radius 2 is 1.96 bits per heavy atom. The zero-order chi connectivity index (χ0) is 17.7. The van der Waals surface area contributed by atoms with Crippen LogP contribution in [-0.2, 0) is 13.0 Å². The van der Waals surface area contributed by atoms with Crippen molar-refractivity contribution in [3.63, 3.8) is 0 Å². The van der Waals surface area contributed by atoms with Gasteiger partial charge in [-0.25, -0.2) is 0 Å². The standard InChI is InChI=1S/C20H28N4O.HI/c1-15(2)18-11-17(25-24-18)13-22-19(21-3)23-14-20(9-10-20)12-16-7-5-4-6-8-16;/h4-8,11,15H,9-10,12-14H2,1-3H3,(H2,21,22,23);1H. The summed E-state index contributed by atoms with van der Waals surface area (Å²) < 4.78 is 5.36. The van der Waals surface area contributed by atoms with Gasteiger partial charge in [0, 0.05) is 19.7 Å². The maximum absolute atomic E-state index is 5.36. The van der Waals surface area contributed by atoms with Crippen LogP contribution >= 0.6 is 24.0 Å². The third-order valence-electron chi connectivity index (χ3n) is 4.83. The Morgan fingerprint density at radius 3 is 2.54 bits per heavy atom. The highest BCUT2D eigenvalue weighted by atomic mass is 127. The van der Waals surface area contributed by atoms with Gasteiger partial charge in [-0.2, -0.15) is 0 Å². The summed E-state index contributed by atoms with van der Waals surface area (Å²) in [7, 11) is 1.80. The number of guanidine groups is 1. The van der Waals surface area contributed by atoms with Crippen molar-refractivity contribution in [2.24, 2.45) is 10.4 Å². The van der Waals surface area contributed by atoms with Crippen molar-refractivity contribution in [1.29, 1.82) is 0 Å². The van der Waals surface area contributed by atoms with E-state index in [1.54, 1.807) is 7.05 Å². The van der Waals surface area contributed by atoms with Crippen molar-refractivity contribution in [2.75, 3.05) is 13.6 Å². The summed E-state index contributed by atoms with van der Waals surface area (Å²) in [6, 6.07) is 12.7. The van der Waals surface area contributed by atoms with Crippen molar-refractivity contribution >= 4 is 29.9 Å². The number of rotatable bonds is 7. The molecule has 0 unspecified atom stereocenters. The van der Waals surface area contributed by atoms with E-state index < -0.39 is 0 Å². The lowest BCUT2D eigenvalue weighted by atomic mass is 9.96. The second kappa shape index (κ2) is 9.39. The molecule has 3 rings (SSSR count). The first-order valence-electron chi connectivity index (χ1n) is 9.04. The Labute approximate surface area is 173 Å². The maximum atomic E-state index is 5.36. The minimum atomic E-state index is 0. The van der Waals surface area contributed by atoms with Crippen molar-refractivity contribution in [2.45, 2.75) is 45.6 Å². The molecule has 0 spiro atoms. The van der Waals surface area contributed by atoms with E-state index in [4.69, 9.17) is 4.52 Å². The zero-order valence-electron chi connectivity index (χ0n) is 15.8. The Hall–Kier alpha value is -1.57. The van der Waals surface area contributed by atoms with E-state index in [0.717, 1.165) is 30.4 Å². The number of nitrogens with one attached hydrogen (secondary N) is 2. The second-order valence-corrected chi connectivity index (χ2v) is 7.31. The molecule has 1 fully saturated rings. The van der Waals surface area contributed by atoms with Gasteiger partial charge in [-0.05, 0) is 36.2 Å². The Balaban J connectivity index is 0.00000243. The summed E-state index contributed by atoms with van der Waals surface area (Å²) in [5.41, 5.74) is 2.77. The van der Waals surface area contributed by atoms with Gasteiger partial charge in [0.2, 0.25) is 0 Å². The van der Waals surface area contributed by atoms with E-state index in [-0.39, 0.29) is 24.0 Å². The summed E-state index contributed by atoms with van der Waals surface area (Å²) >= 11 is 0. The number of benzene rings is 1. The normalized spacial score (nSPS) is 15.5. The van der Waals surface area contributed by atoms with Gasteiger partial charge in [0.15, 0.2) is 11.7 Å². The lowest BCUT2D eigenvalue weighted by Gasteiger charge is -2.18. The third kappa shape index (κ3) is 5.72. The minimum Gasteiger partial charge on any atom is -0.359 e. The molecule has 1 aromatic heterocycles. The fourth-order valence-corrected chi connectivity index (χ4v) is 2.97. The van der Waals surface area contributed by atoms with Crippen LogP contribution in [0.4, 0.5) is 0 Å². The molecule has 2 N–H and O–H groups in total. The predicted octanol–water partition coefficient (Wildman–Crippen LogP) is 4.10. The maximum Gasteiger partial charge on any atom is 0.191 e. The number of halogens is 1. The van der Waals surface area contributed by atoms with E-state index in [1.165, 1.54) is 18.4 Å². The van der Waals surface area contributed by atoms with E-state index in [1.807, 2.05) is 6.07 Å². The Morgan fingerprint density at radius 1 is 1.23 bits per heavy atom. The van der Waals surface area contributed by atoms with E-state index in [9.17, 15) is 0 Å². The molecular formula is C20H29IN4O. The molecule has 26 heavy (non-hydrogen) atoms. The molecule has 0 bridgehead atoms. The van der Waals surface area contributed by atoms with Crippen molar-refractivity contribution in [3.05, 3.63) is 53.4 Å². The first-order valence-corrected chi connectivity index (χ1v) is 9.04. The largest absolute Gasteiger partial charge is 0.359 e. The van der Waals surface area contributed by atoms with Crippen LogP contribution in [0.25, 0.3) is 0 Å². The quantitative estimate of drug-likeness (QED) is 0.365. The van der Waals surface area contributed by atoms with Gasteiger partial charge in [0.25, 0.3) is 0 Å². The van der Waals surface area contributed by atoms with Gasteiger partial charge in [-0.1, -0.05) is 49.3 Å². The Kier molecular flexibility index (Phi) is 7.49. The van der Waals surface area contributed by atoms with Crippen LogP contribution in [0.5, 0.6) is 0 Å². The van der Waals surface area contributed by atoms with Crippen molar-refractivity contribution in [3.8, 4) is 0 Å². The van der Waals surface area contributed by atoms with Crippen LogP contribution < -0.4 is 10.6 Å². The predicted molar refractivity (Wildman–Crippen MR) is 116 cm³/mol. The van der Waals surface area contributed by atoms with Gasteiger partial charge < -0.3 is 15.2 Å². The molecule has 0 aliphatic heterocycles. The topological polar surface area (TPSA) is 62.5 Å². The molecule has 142 valence electrons. The molecular weight excluding hydrogens is 439 g/mol. The smallest absolute Gasteiger partial charge is 0.191 e. The van der Waals surface area contributed by atoms with E-state index >= 15 is 0 Å². The summed E-state index contributed by atoms with van der Waals surface area (Å²) in [6.07, 6.45) is 3.66. The zero-order valence-corrected chi connectivity index (χ0v) is 18.1. The Bertz CT molecular complexity index is 708. The highest BCUT2D eigenvalue weighted by Gasteiger charge is 2.42. The fourth-order valence-electron chi connectivity index (χ4n) is 2.97. The SMILES string of the molecule is CN=C(NCc1cc(C(C)C)no1)NCC1(Cc2ccccc2)CC1.I. The summed E-state index contributed by atoms with van der Waals surface area (Å²) in [5, 5.41) is 10.9. The number of aliphatic imine (C=N–C) groups is 1. The van der Waals surface area contributed by atoms with Crippen LogP contribution in [0.1, 0.15) is 49.6 Å². The lowest BCUT2D eigenvalue weighted by molar-refractivity contribution is 0.371. The summed E-state index contributed by atoms with van der Waals surface area (Å²) in [6.45, 7) is 5.75. The fraction of sp³-hybridized carbons (Fsp3) is 0.500. The number of aromatic nitrogens is 1. The summed E-state index contributed by atoms with van der Waals surface area (Å²) in [5.74, 6) is 2.02. The van der Waals surface area contributed by atoms with Crippen molar-refractivity contribution < 1.29 is 4.52 Å². The number of hydrogen-bond donors (Lipinski definition) is 2. The van der Waals surface area contributed by atoms with Gasteiger partial charge in [-0.3, -0.25) is 4.99 Å². The molecule has 0 amide bonds. The molecule has 6 heteroatoms. The van der Waals surface area contributed by atoms with Gasteiger partial charge in [0.05, 0.1) is 12.2 Å². The van der Waals surface area contributed by atoms with Crippen LogP contribution in [-0.4, -0.2) is 24.7 Å². The highest BCUT2D eigenvalue weighted by molar-refractivity contribution is 14.0.